The Balaban J connectivity index is 4.00. The molecular formula is C11H20O2. The molecule has 0 aromatic heterocycles. The Morgan fingerprint density at radius 1 is 1.54 bits per heavy atom. The monoisotopic (exact) mass is 184 g/mol. The number of allylic oxidation sites excluding steroid dienone is 1. The molecule has 76 valence electrons. The molecule has 0 fully saturated rings. The highest BCUT2D eigenvalue weighted by molar-refractivity contribution is 5.87. The summed E-state index contributed by atoms with van der Waals surface area (Å²) in [6.07, 6.45) is 4.22. The Labute approximate surface area is 80.7 Å². The van der Waals surface area contributed by atoms with Crippen LogP contribution in [0.2, 0.25) is 0 Å². The maximum absolute atomic E-state index is 10.6. The van der Waals surface area contributed by atoms with Gasteiger partial charge >= 0.3 is 0 Å². The second-order valence-electron chi connectivity index (χ2n) is 4.26. The zero-order chi connectivity index (χ0) is 10.5. The minimum atomic E-state index is -0.501. The van der Waals surface area contributed by atoms with Gasteiger partial charge in [0, 0.05) is 0 Å². The van der Waals surface area contributed by atoms with Crippen LogP contribution in [0.3, 0.4) is 0 Å². The van der Waals surface area contributed by atoms with Crippen LogP contribution in [-0.2, 0) is 4.79 Å². The van der Waals surface area contributed by atoms with E-state index in [2.05, 4.69) is 20.8 Å². The number of carbonyl (C=O) groups excluding carboxylic acids is 1. The summed E-state index contributed by atoms with van der Waals surface area (Å²) in [5.41, 5.74) is 0.139. The highest BCUT2D eigenvalue weighted by atomic mass is 16.3. The van der Waals surface area contributed by atoms with E-state index in [1.165, 1.54) is 13.0 Å². The summed E-state index contributed by atoms with van der Waals surface area (Å²) in [4.78, 5) is 10.6. The highest BCUT2D eigenvalue weighted by Crippen LogP contribution is 2.26. The molecular weight excluding hydrogens is 164 g/mol. The molecule has 1 N–H and O–H groups in total. The summed E-state index contributed by atoms with van der Waals surface area (Å²) in [6, 6.07) is 0. The fraction of sp³-hybridized carbons (Fsp3) is 0.727. The van der Waals surface area contributed by atoms with Crippen molar-refractivity contribution in [3.63, 3.8) is 0 Å². The molecule has 2 nitrogen and oxygen atoms in total. The smallest absolute Gasteiger partial charge is 0.152 e. The van der Waals surface area contributed by atoms with Crippen molar-refractivity contribution in [2.45, 2.75) is 46.6 Å². The van der Waals surface area contributed by atoms with Crippen LogP contribution in [0.4, 0.5) is 0 Å². The van der Waals surface area contributed by atoms with Crippen molar-refractivity contribution in [1.82, 2.24) is 0 Å². The topological polar surface area (TPSA) is 37.3 Å². The summed E-state index contributed by atoms with van der Waals surface area (Å²) >= 11 is 0. The van der Waals surface area contributed by atoms with Crippen LogP contribution in [0.5, 0.6) is 0 Å². The molecule has 0 radical (unpaired) electrons. The molecule has 0 spiro atoms. The van der Waals surface area contributed by atoms with Crippen LogP contribution >= 0.6 is 0 Å². The van der Waals surface area contributed by atoms with Gasteiger partial charge in [0.1, 0.15) is 0 Å². The van der Waals surface area contributed by atoms with E-state index in [9.17, 15) is 9.90 Å². The Hall–Kier alpha value is -0.630. The second-order valence-corrected chi connectivity index (χ2v) is 4.26. The highest BCUT2D eigenvalue weighted by Gasteiger charge is 2.18. The third-order valence-corrected chi connectivity index (χ3v) is 2.27. The molecule has 2 heteroatoms. The molecule has 0 bridgehead atoms. The fourth-order valence-corrected chi connectivity index (χ4v) is 1.03. The summed E-state index contributed by atoms with van der Waals surface area (Å²) < 4.78 is 0. The molecule has 0 aliphatic heterocycles. The second kappa shape index (κ2) is 5.18. The SMILES string of the molecule is CCC(C)(C)CC(O)C=CC(C)=O. The molecule has 0 aromatic rings. The first-order valence-electron chi connectivity index (χ1n) is 4.74. The van der Waals surface area contributed by atoms with E-state index in [0.717, 1.165) is 6.42 Å². The van der Waals surface area contributed by atoms with Gasteiger partial charge in [-0.15, -0.1) is 0 Å². The van der Waals surface area contributed by atoms with Crippen molar-refractivity contribution in [2.75, 3.05) is 0 Å². The lowest BCUT2D eigenvalue weighted by Gasteiger charge is -2.24. The first-order valence-corrected chi connectivity index (χ1v) is 4.74. The Morgan fingerprint density at radius 3 is 2.46 bits per heavy atom. The predicted molar refractivity (Wildman–Crippen MR) is 54.5 cm³/mol. The molecule has 0 aliphatic carbocycles. The number of hydrogen-bond donors (Lipinski definition) is 1. The predicted octanol–water partition coefficient (Wildman–Crippen LogP) is 2.32. The lowest BCUT2D eigenvalue weighted by atomic mass is 9.84. The number of carbonyl (C=O) groups is 1. The summed E-state index contributed by atoms with van der Waals surface area (Å²) in [6.45, 7) is 7.80. The Morgan fingerprint density at radius 2 is 2.08 bits per heavy atom. The van der Waals surface area contributed by atoms with E-state index in [0.29, 0.717) is 6.42 Å². The van der Waals surface area contributed by atoms with Gasteiger partial charge in [-0.1, -0.05) is 33.3 Å². The zero-order valence-corrected chi connectivity index (χ0v) is 9.00. The molecule has 0 aromatic carbocycles. The van der Waals surface area contributed by atoms with E-state index < -0.39 is 6.10 Å². The van der Waals surface area contributed by atoms with Gasteiger partial charge in [0.25, 0.3) is 0 Å². The zero-order valence-electron chi connectivity index (χ0n) is 9.00. The van der Waals surface area contributed by atoms with E-state index >= 15 is 0 Å². The van der Waals surface area contributed by atoms with Crippen LogP contribution in [0.1, 0.15) is 40.5 Å². The normalized spacial score (nSPS) is 14.8. The maximum Gasteiger partial charge on any atom is 0.152 e. The van der Waals surface area contributed by atoms with Crippen molar-refractivity contribution < 1.29 is 9.90 Å². The molecule has 13 heavy (non-hydrogen) atoms. The average molecular weight is 184 g/mol. The first kappa shape index (κ1) is 12.4. The molecule has 1 atom stereocenters. The summed E-state index contributed by atoms with van der Waals surface area (Å²) in [5.74, 6) is -0.0200. The van der Waals surface area contributed by atoms with Crippen LogP contribution in [0.25, 0.3) is 0 Å². The summed E-state index contributed by atoms with van der Waals surface area (Å²) in [5, 5.41) is 9.53. The van der Waals surface area contributed by atoms with Gasteiger partial charge in [-0.25, -0.2) is 0 Å². The van der Waals surface area contributed by atoms with Crippen molar-refractivity contribution in [2.24, 2.45) is 5.41 Å². The van der Waals surface area contributed by atoms with Crippen LogP contribution in [0, 0.1) is 5.41 Å². The Kier molecular flexibility index (Phi) is 4.92. The van der Waals surface area contributed by atoms with Gasteiger partial charge in [0.05, 0.1) is 6.10 Å². The van der Waals surface area contributed by atoms with Crippen molar-refractivity contribution >= 4 is 5.78 Å². The largest absolute Gasteiger partial charge is 0.389 e. The lowest BCUT2D eigenvalue weighted by molar-refractivity contribution is -0.112. The van der Waals surface area contributed by atoms with E-state index in [-0.39, 0.29) is 11.2 Å². The van der Waals surface area contributed by atoms with E-state index in [1.807, 2.05) is 0 Å². The van der Waals surface area contributed by atoms with Gasteiger partial charge in [-0.2, -0.15) is 0 Å². The lowest BCUT2D eigenvalue weighted by Crippen LogP contribution is -2.18. The molecule has 0 rings (SSSR count). The first-order chi connectivity index (χ1) is 5.87. The quantitative estimate of drug-likeness (QED) is 0.666. The van der Waals surface area contributed by atoms with Crippen molar-refractivity contribution in [3.8, 4) is 0 Å². The fourth-order valence-electron chi connectivity index (χ4n) is 1.03. The van der Waals surface area contributed by atoms with Gasteiger partial charge in [-0.3, -0.25) is 4.79 Å². The number of ketones is 1. The standard InChI is InChI=1S/C11H20O2/c1-5-11(3,4)8-10(13)7-6-9(2)12/h6-7,10,13H,5,8H2,1-4H3. The van der Waals surface area contributed by atoms with Crippen LogP contribution in [0.15, 0.2) is 12.2 Å². The van der Waals surface area contributed by atoms with E-state index in [4.69, 9.17) is 0 Å². The third-order valence-electron chi connectivity index (χ3n) is 2.27. The Bertz CT molecular complexity index is 192. The minimum absolute atomic E-state index is 0.0200. The number of aliphatic hydroxyl groups excluding tert-OH is 1. The number of rotatable bonds is 5. The molecule has 0 aliphatic rings. The maximum atomic E-state index is 10.6. The van der Waals surface area contributed by atoms with E-state index in [1.54, 1.807) is 6.08 Å². The van der Waals surface area contributed by atoms with Crippen LogP contribution in [-0.4, -0.2) is 17.0 Å². The van der Waals surface area contributed by atoms with Crippen molar-refractivity contribution in [3.05, 3.63) is 12.2 Å². The van der Waals surface area contributed by atoms with Gasteiger partial charge in [0.15, 0.2) is 5.78 Å². The van der Waals surface area contributed by atoms with Gasteiger partial charge in [-0.05, 0) is 24.8 Å². The third kappa shape index (κ3) is 6.52. The average Bonchev–Trinajstić information content (AvgIpc) is 2.00. The minimum Gasteiger partial charge on any atom is -0.389 e. The molecule has 1 unspecified atom stereocenters. The van der Waals surface area contributed by atoms with Gasteiger partial charge in [0.2, 0.25) is 0 Å². The van der Waals surface area contributed by atoms with Crippen LogP contribution < -0.4 is 0 Å². The van der Waals surface area contributed by atoms with Crippen molar-refractivity contribution in [1.29, 1.82) is 0 Å². The van der Waals surface area contributed by atoms with Gasteiger partial charge < -0.3 is 5.11 Å². The molecule has 0 saturated carbocycles. The number of aliphatic hydroxyl groups is 1. The summed E-state index contributed by atoms with van der Waals surface area (Å²) in [7, 11) is 0. The molecule has 0 heterocycles. The molecule has 0 saturated heterocycles. The molecule has 0 amide bonds. The number of hydrogen-bond acceptors (Lipinski definition) is 2.